The molecule has 0 aromatic heterocycles. The van der Waals surface area contributed by atoms with Crippen LogP contribution in [0.2, 0.25) is 0 Å². The molecule has 2 aromatic carbocycles. The third kappa shape index (κ3) is 5.58. The average Bonchev–Trinajstić information content (AvgIpc) is 2.78. The van der Waals surface area contributed by atoms with Gasteiger partial charge in [0.25, 0.3) is 0 Å². The van der Waals surface area contributed by atoms with Gasteiger partial charge in [0.1, 0.15) is 11.6 Å². The second kappa shape index (κ2) is 10.0. The Kier molecular flexibility index (Phi) is 7.44. The molecule has 0 bridgehead atoms. The molecule has 162 valence electrons. The van der Waals surface area contributed by atoms with E-state index in [1.54, 1.807) is 24.3 Å². The summed E-state index contributed by atoms with van der Waals surface area (Å²) in [6.07, 6.45) is 2.53. The van der Waals surface area contributed by atoms with E-state index >= 15 is 0 Å². The summed E-state index contributed by atoms with van der Waals surface area (Å²) in [6, 6.07) is 12.7. The highest BCUT2D eigenvalue weighted by atomic mass is 32.2. The van der Waals surface area contributed by atoms with Crippen molar-refractivity contribution in [1.29, 1.82) is 0 Å². The Bertz CT molecular complexity index is 938. The van der Waals surface area contributed by atoms with E-state index in [9.17, 15) is 17.6 Å². The fourth-order valence-electron chi connectivity index (χ4n) is 3.55. The lowest BCUT2D eigenvalue weighted by molar-refractivity contribution is -0.126. The van der Waals surface area contributed by atoms with Crippen LogP contribution in [0.3, 0.4) is 0 Å². The number of nitrogens with zero attached hydrogens (tertiary/aromatic N) is 1. The van der Waals surface area contributed by atoms with Crippen molar-refractivity contribution in [3.63, 3.8) is 0 Å². The van der Waals surface area contributed by atoms with E-state index in [4.69, 9.17) is 4.74 Å². The molecule has 0 spiro atoms. The van der Waals surface area contributed by atoms with Crippen molar-refractivity contribution >= 4 is 15.9 Å². The van der Waals surface area contributed by atoms with E-state index in [0.717, 1.165) is 18.4 Å². The van der Waals surface area contributed by atoms with Crippen LogP contribution in [0.4, 0.5) is 4.39 Å². The molecule has 1 N–H and O–H groups in total. The fraction of sp³-hybridized carbons (Fsp3) is 0.409. The number of carbonyl (C=O) groups is 1. The van der Waals surface area contributed by atoms with Crippen molar-refractivity contribution < 1.29 is 22.3 Å². The maximum Gasteiger partial charge on any atom is 0.243 e. The Morgan fingerprint density at radius 1 is 1.10 bits per heavy atom. The Morgan fingerprint density at radius 2 is 1.73 bits per heavy atom. The number of piperidine rings is 1. The standard InChI is InChI=1S/C22H27FN2O4S/c1-29-20-8-10-21(11-9-20)30(27,28)25-15-12-18(13-16-25)22(26)24-14-2-3-17-4-6-19(23)7-5-17/h4-11,18H,2-3,12-16H2,1H3,(H,24,26). The summed E-state index contributed by atoms with van der Waals surface area (Å²) in [4.78, 5) is 12.6. The van der Waals surface area contributed by atoms with E-state index in [2.05, 4.69) is 5.32 Å². The molecule has 1 aliphatic rings. The van der Waals surface area contributed by atoms with E-state index in [0.29, 0.717) is 38.2 Å². The lowest BCUT2D eigenvalue weighted by atomic mass is 9.97. The minimum atomic E-state index is -3.57. The largest absolute Gasteiger partial charge is 0.497 e. The summed E-state index contributed by atoms with van der Waals surface area (Å²) >= 11 is 0. The van der Waals surface area contributed by atoms with E-state index in [1.165, 1.54) is 35.7 Å². The molecule has 0 saturated carbocycles. The first kappa shape index (κ1) is 22.2. The van der Waals surface area contributed by atoms with E-state index < -0.39 is 10.0 Å². The molecule has 1 amide bonds. The smallest absolute Gasteiger partial charge is 0.243 e. The third-order valence-electron chi connectivity index (χ3n) is 5.38. The number of ether oxygens (including phenoxy) is 1. The SMILES string of the molecule is COc1ccc(S(=O)(=O)N2CCC(C(=O)NCCCc3ccc(F)cc3)CC2)cc1. The molecule has 30 heavy (non-hydrogen) atoms. The summed E-state index contributed by atoms with van der Waals surface area (Å²) in [5.41, 5.74) is 1.03. The molecule has 1 fully saturated rings. The van der Waals surface area contributed by atoms with Gasteiger partial charge in [-0.1, -0.05) is 12.1 Å². The quantitative estimate of drug-likeness (QED) is 0.648. The number of sulfonamides is 1. The van der Waals surface area contributed by atoms with Crippen molar-refractivity contribution in [3.05, 3.63) is 59.9 Å². The van der Waals surface area contributed by atoms with Crippen LogP contribution >= 0.6 is 0 Å². The van der Waals surface area contributed by atoms with Gasteiger partial charge in [0.05, 0.1) is 12.0 Å². The predicted octanol–water partition coefficient (Wildman–Crippen LogP) is 2.98. The molecule has 1 aliphatic heterocycles. The molecule has 1 heterocycles. The van der Waals surface area contributed by atoms with Crippen LogP contribution in [0.15, 0.2) is 53.4 Å². The predicted molar refractivity (Wildman–Crippen MR) is 112 cm³/mol. The number of methoxy groups -OCH3 is 1. The van der Waals surface area contributed by atoms with Gasteiger partial charge in [-0.2, -0.15) is 4.31 Å². The van der Waals surface area contributed by atoms with Crippen molar-refractivity contribution in [3.8, 4) is 5.75 Å². The molecule has 1 saturated heterocycles. The monoisotopic (exact) mass is 434 g/mol. The van der Waals surface area contributed by atoms with Gasteiger partial charge >= 0.3 is 0 Å². The molecule has 2 aromatic rings. The molecular weight excluding hydrogens is 407 g/mol. The van der Waals surface area contributed by atoms with Crippen LogP contribution in [0.1, 0.15) is 24.8 Å². The van der Waals surface area contributed by atoms with Crippen LogP contribution in [-0.2, 0) is 21.2 Å². The van der Waals surface area contributed by atoms with Gasteiger partial charge in [-0.05, 0) is 67.6 Å². The van der Waals surface area contributed by atoms with Gasteiger partial charge in [0.15, 0.2) is 0 Å². The van der Waals surface area contributed by atoms with Gasteiger partial charge in [0.2, 0.25) is 15.9 Å². The Hall–Kier alpha value is -2.45. The van der Waals surface area contributed by atoms with Crippen molar-refractivity contribution in [2.24, 2.45) is 5.92 Å². The molecule has 8 heteroatoms. The summed E-state index contributed by atoms with van der Waals surface area (Å²) < 4.78 is 45.0. The highest BCUT2D eigenvalue weighted by molar-refractivity contribution is 7.89. The van der Waals surface area contributed by atoms with Gasteiger partial charge in [-0.15, -0.1) is 0 Å². The van der Waals surface area contributed by atoms with Crippen LogP contribution in [0, 0.1) is 11.7 Å². The van der Waals surface area contributed by atoms with E-state index in [-0.39, 0.29) is 22.5 Å². The molecule has 0 unspecified atom stereocenters. The minimum Gasteiger partial charge on any atom is -0.497 e. The third-order valence-corrected chi connectivity index (χ3v) is 7.29. The Morgan fingerprint density at radius 3 is 2.33 bits per heavy atom. The van der Waals surface area contributed by atoms with Crippen LogP contribution < -0.4 is 10.1 Å². The zero-order chi connectivity index (χ0) is 21.6. The Balaban J connectivity index is 1.43. The van der Waals surface area contributed by atoms with Crippen LogP contribution in [0.5, 0.6) is 5.75 Å². The van der Waals surface area contributed by atoms with Crippen molar-refractivity contribution in [1.82, 2.24) is 9.62 Å². The van der Waals surface area contributed by atoms with Crippen molar-refractivity contribution in [2.75, 3.05) is 26.7 Å². The second-order valence-corrected chi connectivity index (χ2v) is 9.31. The highest BCUT2D eigenvalue weighted by Gasteiger charge is 2.31. The second-order valence-electron chi connectivity index (χ2n) is 7.37. The molecule has 6 nitrogen and oxygen atoms in total. The minimum absolute atomic E-state index is 0.0319. The topological polar surface area (TPSA) is 75.7 Å². The molecular formula is C22H27FN2O4S. The van der Waals surface area contributed by atoms with Crippen molar-refractivity contribution in [2.45, 2.75) is 30.6 Å². The number of hydrogen-bond acceptors (Lipinski definition) is 4. The van der Waals surface area contributed by atoms with E-state index in [1.807, 2.05) is 0 Å². The zero-order valence-corrected chi connectivity index (χ0v) is 17.8. The summed E-state index contributed by atoms with van der Waals surface area (Å²) in [5.74, 6) is 0.130. The number of amides is 1. The van der Waals surface area contributed by atoms with Gasteiger partial charge in [0, 0.05) is 25.6 Å². The first-order valence-electron chi connectivity index (χ1n) is 10.1. The molecule has 0 aliphatic carbocycles. The fourth-order valence-corrected chi connectivity index (χ4v) is 5.02. The van der Waals surface area contributed by atoms with Crippen LogP contribution in [-0.4, -0.2) is 45.4 Å². The number of benzene rings is 2. The number of aryl methyl sites for hydroxylation is 1. The lowest BCUT2D eigenvalue weighted by Crippen LogP contribution is -2.43. The lowest BCUT2D eigenvalue weighted by Gasteiger charge is -2.30. The first-order valence-corrected chi connectivity index (χ1v) is 11.5. The van der Waals surface area contributed by atoms with Gasteiger partial charge < -0.3 is 10.1 Å². The number of hydrogen-bond donors (Lipinski definition) is 1. The molecule has 0 atom stereocenters. The number of halogens is 1. The summed E-state index contributed by atoms with van der Waals surface area (Å²) in [6.45, 7) is 1.19. The average molecular weight is 435 g/mol. The summed E-state index contributed by atoms with van der Waals surface area (Å²) in [5, 5.41) is 2.94. The molecule has 0 radical (unpaired) electrons. The maximum atomic E-state index is 12.9. The zero-order valence-electron chi connectivity index (χ0n) is 17.0. The maximum absolute atomic E-state index is 12.9. The number of rotatable bonds is 8. The number of nitrogens with one attached hydrogen (secondary N) is 1. The van der Waals surface area contributed by atoms with Crippen LogP contribution in [0.25, 0.3) is 0 Å². The highest BCUT2D eigenvalue weighted by Crippen LogP contribution is 2.25. The Labute approximate surface area is 177 Å². The van der Waals surface area contributed by atoms with Gasteiger partial charge in [-0.3, -0.25) is 4.79 Å². The summed E-state index contributed by atoms with van der Waals surface area (Å²) in [7, 11) is -2.04. The first-order chi connectivity index (χ1) is 14.4. The van der Waals surface area contributed by atoms with Gasteiger partial charge in [-0.25, -0.2) is 12.8 Å². The molecule has 3 rings (SSSR count). The number of carbonyl (C=O) groups excluding carboxylic acids is 1. The normalized spacial score (nSPS) is 15.7.